The number of aryl methyl sites for hydroxylation is 1. The van der Waals surface area contributed by atoms with Crippen molar-refractivity contribution >= 4 is 17.7 Å². The predicted octanol–water partition coefficient (Wildman–Crippen LogP) is 3.64. The van der Waals surface area contributed by atoms with Crippen LogP contribution in [0.4, 0.5) is 11.8 Å². The van der Waals surface area contributed by atoms with Gasteiger partial charge in [-0.25, -0.2) is 4.98 Å². The van der Waals surface area contributed by atoms with Gasteiger partial charge in [0.05, 0.1) is 6.10 Å². The van der Waals surface area contributed by atoms with Gasteiger partial charge in [-0.15, -0.1) is 0 Å². The SMILES string of the molecule is CCCCNc1ncc(C(=O)NCc2ccccc2C)c(NC2CCC(O)CC2)n1. The number of rotatable bonds is 9. The zero-order chi connectivity index (χ0) is 21.3. The Bertz CT molecular complexity index is 834. The Morgan fingerprint density at radius 2 is 1.97 bits per heavy atom. The Kier molecular flexibility index (Phi) is 8.02. The highest BCUT2D eigenvalue weighted by Gasteiger charge is 2.22. The van der Waals surface area contributed by atoms with Crippen molar-refractivity contribution in [1.29, 1.82) is 0 Å². The predicted molar refractivity (Wildman–Crippen MR) is 120 cm³/mol. The Morgan fingerprint density at radius 1 is 1.20 bits per heavy atom. The van der Waals surface area contributed by atoms with Gasteiger partial charge in [-0.2, -0.15) is 4.98 Å². The summed E-state index contributed by atoms with van der Waals surface area (Å²) < 4.78 is 0. The lowest BCUT2D eigenvalue weighted by atomic mass is 9.93. The van der Waals surface area contributed by atoms with Crippen LogP contribution < -0.4 is 16.0 Å². The quantitative estimate of drug-likeness (QED) is 0.470. The van der Waals surface area contributed by atoms with Gasteiger partial charge in [-0.1, -0.05) is 37.6 Å². The van der Waals surface area contributed by atoms with Gasteiger partial charge in [-0.3, -0.25) is 4.79 Å². The normalized spacial score (nSPS) is 18.6. The fourth-order valence-corrected chi connectivity index (χ4v) is 3.61. The number of aliphatic hydroxyl groups excluding tert-OH is 1. The van der Waals surface area contributed by atoms with Crippen molar-refractivity contribution in [2.45, 2.75) is 71.1 Å². The van der Waals surface area contributed by atoms with E-state index >= 15 is 0 Å². The van der Waals surface area contributed by atoms with Crippen molar-refractivity contribution in [3.8, 4) is 0 Å². The Balaban J connectivity index is 1.73. The highest BCUT2D eigenvalue weighted by Crippen LogP contribution is 2.24. The lowest BCUT2D eigenvalue weighted by Crippen LogP contribution is -2.31. The zero-order valence-electron chi connectivity index (χ0n) is 17.9. The van der Waals surface area contributed by atoms with Crippen molar-refractivity contribution in [2.24, 2.45) is 0 Å². The van der Waals surface area contributed by atoms with Crippen molar-refractivity contribution in [3.05, 3.63) is 47.2 Å². The van der Waals surface area contributed by atoms with Crippen LogP contribution in [0.15, 0.2) is 30.5 Å². The van der Waals surface area contributed by atoms with Gasteiger partial charge in [0.25, 0.3) is 5.91 Å². The number of aromatic nitrogens is 2. The van der Waals surface area contributed by atoms with E-state index in [2.05, 4.69) is 32.8 Å². The third-order valence-electron chi connectivity index (χ3n) is 5.59. The van der Waals surface area contributed by atoms with Crippen molar-refractivity contribution in [3.63, 3.8) is 0 Å². The summed E-state index contributed by atoms with van der Waals surface area (Å²) in [7, 11) is 0. The lowest BCUT2D eigenvalue weighted by Gasteiger charge is -2.27. The summed E-state index contributed by atoms with van der Waals surface area (Å²) in [5.74, 6) is 0.877. The van der Waals surface area contributed by atoms with Crippen LogP contribution in [0.2, 0.25) is 0 Å². The number of hydrogen-bond acceptors (Lipinski definition) is 6. The Morgan fingerprint density at radius 3 is 2.70 bits per heavy atom. The standard InChI is InChI=1S/C23H33N5O2/c1-3-4-13-24-23-26-15-20(21(28-23)27-18-9-11-19(29)12-10-18)22(30)25-14-17-8-6-5-7-16(17)2/h5-8,15,18-19,29H,3-4,9-14H2,1-2H3,(H,25,30)(H2,24,26,27,28). The highest BCUT2D eigenvalue weighted by molar-refractivity contribution is 5.98. The molecule has 1 saturated carbocycles. The van der Waals surface area contributed by atoms with Crippen LogP contribution >= 0.6 is 0 Å². The molecular formula is C23H33N5O2. The average molecular weight is 412 g/mol. The summed E-state index contributed by atoms with van der Waals surface area (Å²) in [4.78, 5) is 21.9. The van der Waals surface area contributed by atoms with Crippen LogP contribution in [0.25, 0.3) is 0 Å². The first-order chi connectivity index (χ1) is 14.6. The minimum absolute atomic E-state index is 0.190. The van der Waals surface area contributed by atoms with Crippen molar-refractivity contribution in [1.82, 2.24) is 15.3 Å². The zero-order valence-corrected chi connectivity index (χ0v) is 17.9. The minimum Gasteiger partial charge on any atom is -0.393 e. The number of carbonyl (C=O) groups is 1. The number of amides is 1. The van der Waals surface area contributed by atoms with E-state index in [0.717, 1.165) is 56.2 Å². The highest BCUT2D eigenvalue weighted by atomic mass is 16.3. The summed E-state index contributed by atoms with van der Waals surface area (Å²) >= 11 is 0. The maximum Gasteiger partial charge on any atom is 0.256 e. The largest absolute Gasteiger partial charge is 0.393 e. The van der Waals surface area contributed by atoms with E-state index in [-0.39, 0.29) is 18.1 Å². The van der Waals surface area contributed by atoms with Crippen molar-refractivity contribution in [2.75, 3.05) is 17.2 Å². The van der Waals surface area contributed by atoms with Crippen LogP contribution in [0, 0.1) is 6.92 Å². The van der Waals surface area contributed by atoms with Gasteiger partial charge in [0, 0.05) is 25.3 Å². The second kappa shape index (κ2) is 10.9. The molecule has 4 N–H and O–H groups in total. The van der Waals surface area contributed by atoms with Gasteiger partial charge in [0.2, 0.25) is 5.95 Å². The maximum absolute atomic E-state index is 12.9. The van der Waals surface area contributed by atoms with Gasteiger partial charge in [-0.05, 0) is 50.2 Å². The molecule has 162 valence electrons. The molecule has 1 fully saturated rings. The van der Waals surface area contributed by atoms with E-state index in [4.69, 9.17) is 0 Å². The molecule has 0 radical (unpaired) electrons. The number of unbranched alkanes of at least 4 members (excludes halogenated alkanes) is 1. The molecule has 7 heteroatoms. The van der Waals surface area contributed by atoms with Crippen LogP contribution in [-0.2, 0) is 6.54 Å². The molecule has 30 heavy (non-hydrogen) atoms. The Hall–Kier alpha value is -2.67. The third-order valence-corrected chi connectivity index (χ3v) is 5.59. The fourth-order valence-electron chi connectivity index (χ4n) is 3.61. The second-order valence-electron chi connectivity index (χ2n) is 8.00. The summed E-state index contributed by atoms with van der Waals surface area (Å²) in [6, 6.07) is 8.20. The van der Waals surface area contributed by atoms with E-state index in [1.54, 1.807) is 6.20 Å². The summed E-state index contributed by atoms with van der Waals surface area (Å²) in [6.07, 6.45) is 6.72. The van der Waals surface area contributed by atoms with Gasteiger partial charge < -0.3 is 21.1 Å². The smallest absolute Gasteiger partial charge is 0.256 e. The van der Waals surface area contributed by atoms with E-state index in [1.165, 1.54) is 0 Å². The van der Waals surface area contributed by atoms with Crippen LogP contribution in [0.1, 0.15) is 66.9 Å². The molecule has 1 heterocycles. The second-order valence-corrected chi connectivity index (χ2v) is 8.00. The first-order valence-electron chi connectivity index (χ1n) is 10.9. The van der Waals surface area contributed by atoms with Gasteiger partial charge >= 0.3 is 0 Å². The molecule has 0 unspecified atom stereocenters. The number of carbonyl (C=O) groups excluding carboxylic acids is 1. The van der Waals surface area contributed by atoms with E-state index in [1.807, 2.05) is 31.2 Å². The first kappa shape index (κ1) is 22.0. The van der Waals surface area contributed by atoms with E-state index < -0.39 is 0 Å². The van der Waals surface area contributed by atoms with E-state index in [9.17, 15) is 9.90 Å². The molecule has 1 aliphatic rings. The molecule has 2 aromatic rings. The van der Waals surface area contributed by atoms with Crippen LogP contribution in [0.3, 0.4) is 0 Å². The monoisotopic (exact) mass is 411 g/mol. The van der Waals surface area contributed by atoms with Gasteiger partial charge in [0.1, 0.15) is 11.4 Å². The lowest BCUT2D eigenvalue weighted by molar-refractivity contribution is 0.0950. The summed E-state index contributed by atoms with van der Waals surface area (Å²) in [5.41, 5.74) is 2.67. The van der Waals surface area contributed by atoms with Gasteiger partial charge in [0.15, 0.2) is 0 Å². The number of benzene rings is 1. The first-order valence-corrected chi connectivity index (χ1v) is 10.9. The average Bonchev–Trinajstić information content (AvgIpc) is 2.75. The molecular weight excluding hydrogens is 378 g/mol. The Labute approximate surface area is 178 Å². The van der Waals surface area contributed by atoms with E-state index in [0.29, 0.717) is 23.9 Å². The molecule has 7 nitrogen and oxygen atoms in total. The molecule has 0 spiro atoms. The molecule has 1 aromatic heterocycles. The molecule has 0 saturated heterocycles. The number of nitrogens with one attached hydrogen (secondary N) is 3. The number of anilines is 2. The number of hydrogen-bond donors (Lipinski definition) is 4. The molecule has 3 rings (SSSR count). The molecule has 1 amide bonds. The van der Waals surface area contributed by atoms with Crippen LogP contribution in [0.5, 0.6) is 0 Å². The van der Waals surface area contributed by atoms with Crippen molar-refractivity contribution < 1.29 is 9.90 Å². The number of nitrogens with zero attached hydrogens (tertiary/aromatic N) is 2. The minimum atomic E-state index is -0.225. The fraction of sp³-hybridized carbons (Fsp3) is 0.522. The molecule has 1 aromatic carbocycles. The number of aliphatic hydroxyl groups is 1. The molecule has 0 atom stereocenters. The topological polar surface area (TPSA) is 99.2 Å². The summed E-state index contributed by atoms with van der Waals surface area (Å²) in [5, 5.41) is 19.4. The molecule has 1 aliphatic carbocycles. The van der Waals surface area contributed by atoms with Crippen LogP contribution in [-0.4, -0.2) is 39.7 Å². The third kappa shape index (κ3) is 6.16. The summed E-state index contributed by atoms with van der Waals surface area (Å²) in [6.45, 7) is 5.42. The maximum atomic E-state index is 12.9. The molecule has 0 bridgehead atoms. The molecule has 0 aliphatic heterocycles.